The van der Waals surface area contributed by atoms with E-state index in [4.69, 9.17) is 36.1 Å². The summed E-state index contributed by atoms with van der Waals surface area (Å²) in [6, 6.07) is 0. The van der Waals surface area contributed by atoms with Crippen LogP contribution in [0.15, 0.2) is 0 Å². The van der Waals surface area contributed by atoms with Crippen LogP contribution in [0.4, 0.5) is 0 Å². The zero-order chi connectivity index (χ0) is 30.9. The van der Waals surface area contributed by atoms with Crippen LogP contribution >= 0.6 is 0 Å². The lowest BCUT2D eigenvalue weighted by atomic mass is 9.43. The predicted octanol–water partition coefficient (Wildman–Crippen LogP) is 5.91. The van der Waals surface area contributed by atoms with Gasteiger partial charge in [-0.1, -0.05) is 27.7 Å². The molecule has 0 heterocycles. The first-order chi connectivity index (χ1) is 20.8. The van der Waals surface area contributed by atoms with Gasteiger partial charge in [0.2, 0.25) is 0 Å². The van der Waals surface area contributed by atoms with Crippen molar-refractivity contribution in [2.24, 2.45) is 63.5 Å². The van der Waals surface area contributed by atoms with Crippen molar-refractivity contribution in [1.29, 1.82) is 0 Å². The number of fused-ring (bicyclic) bond motifs is 5. The first kappa shape index (κ1) is 35.6. The molecular formula is C36H69N3O4. The zero-order valence-electron chi connectivity index (χ0n) is 28.4. The third kappa shape index (κ3) is 8.00. The van der Waals surface area contributed by atoms with E-state index < -0.39 is 0 Å². The second-order valence-electron chi connectivity index (χ2n) is 15.2. The Morgan fingerprint density at radius 2 is 1.44 bits per heavy atom. The van der Waals surface area contributed by atoms with Crippen molar-refractivity contribution in [3.63, 3.8) is 0 Å². The number of ether oxygens (including phenoxy) is 4. The van der Waals surface area contributed by atoms with Gasteiger partial charge in [-0.3, -0.25) is 0 Å². The van der Waals surface area contributed by atoms with Gasteiger partial charge in [0.1, 0.15) is 0 Å². The van der Waals surface area contributed by atoms with E-state index in [0.717, 1.165) is 78.0 Å². The van der Waals surface area contributed by atoms with Crippen LogP contribution in [0.25, 0.3) is 0 Å². The minimum absolute atomic E-state index is 0.167. The van der Waals surface area contributed by atoms with E-state index in [1.54, 1.807) is 0 Å². The molecule has 43 heavy (non-hydrogen) atoms. The molecule has 6 N–H and O–H groups in total. The molecule has 7 heteroatoms. The Morgan fingerprint density at radius 3 is 2.14 bits per heavy atom. The smallest absolute Gasteiger partial charge is 0.0637 e. The summed E-state index contributed by atoms with van der Waals surface area (Å²) in [5.74, 6) is 3.82. The molecular weight excluding hydrogens is 538 g/mol. The van der Waals surface area contributed by atoms with E-state index in [9.17, 15) is 0 Å². The topological polar surface area (TPSA) is 115 Å². The molecule has 4 aliphatic rings. The fraction of sp³-hybridized carbons (Fsp3) is 1.00. The average Bonchev–Trinajstić information content (AvgIpc) is 3.36. The van der Waals surface area contributed by atoms with Crippen LogP contribution < -0.4 is 17.2 Å². The molecule has 4 aliphatic carbocycles. The molecule has 11 atom stereocenters. The van der Waals surface area contributed by atoms with E-state index in [1.165, 1.54) is 38.5 Å². The predicted molar refractivity (Wildman–Crippen MR) is 176 cm³/mol. The quantitative estimate of drug-likeness (QED) is 0.156. The van der Waals surface area contributed by atoms with E-state index in [0.29, 0.717) is 72.8 Å². The Hall–Kier alpha value is -0.280. The Morgan fingerprint density at radius 1 is 0.744 bits per heavy atom. The number of nitrogens with two attached hydrogens (primary N) is 3. The van der Waals surface area contributed by atoms with Crippen LogP contribution in [0.5, 0.6) is 0 Å². The van der Waals surface area contributed by atoms with Crippen LogP contribution in [0.2, 0.25) is 0 Å². The van der Waals surface area contributed by atoms with Crippen LogP contribution in [-0.4, -0.2) is 71.0 Å². The molecule has 4 fully saturated rings. The summed E-state index contributed by atoms with van der Waals surface area (Å²) in [4.78, 5) is 0. The molecule has 0 aromatic heterocycles. The summed E-state index contributed by atoms with van der Waals surface area (Å²) in [5, 5.41) is 0. The van der Waals surface area contributed by atoms with Gasteiger partial charge in [-0.05, 0) is 144 Å². The molecule has 3 unspecified atom stereocenters. The maximum Gasteiger partial charge on any atom is 0.0637 e. The highest BCUT2D eigenvalue weighted by molar-refractivity contribution is 5.15. The van der Waals surface area contributed by atoms with Gasteiger partial charge in [0, 0.05) is 38.4 Å². The Kier molecular flexibility index (Phi) is 14.1. The van der Waals surface area contributed by atoms with Crippen molar-refractivity contribution >= 4 is 0 Å². The number of hydrogen-bond donors (Lipinski definition) is 3. The van der Waals surface area contributed by atoms with Gasteiger partial charge in [-0.25, -0.2) is 0 Å². The van der Waals surface area contributed by atoms with Crippen molar-refractivity contribution < 1.29 is 18.9 Å². The summed E-state index contributed by atoms with van der Waals surface area (Å²) in [7, 11) is 0. The van der Waals surface area contributed by atoms with Crippen molar-refractivity contribution in [3.8, 4) is 0 Å². The first-order valence-electron chi connectivity index (χ1n) is 18.4. The first-order valence-corrected chi connectivity index (χ1v) is 18.4. The van der Waals surface area contributed by atoms with E-state index >= 15 is 0 Å². The minimum atomic E-state index is 0.167. The highest BCUT2D eigenvalue weighted by Gasteiger charge is 2.66. The molecule has 4 rings (SSSR count). The summed E-state index contributed by atoms with van der Waals surface area (Å²) >= 11 is 0. The van der Waals surface area contributed by atoms with Crippen LogP contribution in [0, 0.1) is 46.3 Å². The maximum absolute atomic E-state index is 6.97. The molecule has 0 aromatic carbocycles. The normalized spacial score (nSPS) is 39.7. The van der Waals surface area contributed by atoms with Gasteiger partial charge < -0.3 is 36.1 Å². The molecule has 0 amide bonds. The van der Waals surface area contributed by atoms with Crippen molar-refractivity contribution in [3.05, 3.63) is 0 Å². The van der Waals surface area contributed by atoms with E-state index in [-0.39, 0.29) is 11.5 Å². The SMILES string of the molecule is CCCOCCC[C@@H](C)[C@H]1CC[C@H]2C3[C@H](OCCCN)CC4C[C@H](OCCCN)CC[C@]4(C)[C@H]3C[C@H](OCCCN)C12C. The third-order valence-corrected chi connectivity index (χ3v) is 12.8. The van der Waals surface area contributed by atoms with Gasteiger partial charge >= 0.3 is 0 Å². The second-order valence-corrected chi connectivity index (χ2v) is 15.2. The lowest BCUT2D eigenvalue weighted by molar-refractivity contribution is -0.227. The van der Waals surface area contributed by atoms with Gasteiger partial charge in [0.15, 0.2) is 0 Å². The van der Waals surface area contributed by atoms with E-state index in [1.807, 2.05) is 0 Å². The van der Waals surface area contributed by atoms with Crippen molar-refractivity contribution in [2.45, 2.75) is 129 Å². The molecule has 0 spiro atoms. The Bertz CT molecular complexity index is 802. The van der Waals surface area contributed by atoms with Gasteiger partial charge in [-0.15, -0.1) is 0 Å². The molecule has 0 radical (unpaired) electrons. The summed E-state index contributed by atoms with van der Waals surface area (Å²) in [6.07, 6.45) is 15.8. The van der Waals surface area contributed by atoms with Crippen LogP contribution in [0.1, 0.15) is 111 Å². The lowest BCUT2D eigenvalue weighted by Gasteiger charge is -2.65. The largest absolute Gasteiger partial charge is 0.381 e. The molecule has 0 saturated heterocycles. The highest BCUT2D eigenvalue weighted by atomic mass is 16.5. The van der Waals surface area contributed by atoms with Gasteiger partial charge in [0.25, 0.3) is 0 Å². The molecule has 252 valence electrons. The van der Waals surface area contributed by atoms with E-state index in [2.05, 4.69) is 27.7 Å². The monoisotopic (exact) mass is 608 g/mol. The fourth-order valence-electron chi connectivity index (χ4n) is 10.6. The standard InChI is InChI=1S/C36H69N3O4/c1-5-18-40-19-6-10-26(2)29-11-12-30-34-31(25-33(36(29,30)4)43-22-9-17-39)35(3)14-13-28(41-20-7-15-37)23-27(35)24-32(34)42-21-8-16-38/h26-34H,5-25,37-39H2,1-4H3/t26-,27?,28-,29-,30+,31+,32-,33+,34?,35+,36?/m1/s1. The molecule has 0 aliphatic heterocycles. The van der Waals surface area contributed by atoms with Gasteiger partial charge in [0.05, 0.1) is 18.3 Å². The molecule has 7 nitrogen and oxygen atoms in total. The summed E-state index contributed by atoms with van der Waals surface area (Å²) in [5.41, 5.74) is 18.1. The highest BCUT2D eigenvalue weighted by Crippen LogP contribution is 2.69. The van der Waals surface area contributed by atoms with Crippen LogP contribution in [-0.2, 0) is 18.9 Å². The van der Waals surface area contributed by atoms with Crippen molar-refractivity contribution in [2.75, 3.05) is 52.7 Å². The molecule has 0 aromatic rings. The second kappa shape index (κ2) is 17.0. The zero-order valence-corrected chi connectivity index (χ0v) is 28.4. The average molecular weight is 608 g/mol. The maximum atomic E-state index is 6.97. The van der Waals surface area contributed by atoms with Gasteiger partial charge in [-0.2, -0.15) is 0 Å². The molecule has 0 bridgehead atoms. The number of hydrogen-bond acceptors (Lipinski definition) is 7. The van der Waals surface area contributed by atoms with Crippen LogP contribution in [0.3, 0.4) is 0 Å². The fourth-order valence-corrected chi connectivity index (χ4v) is 10.6. The third-order valence-electron chi connectivity index (χ3n) is 12.8. The minimum Gasteiger partial charge on any atom is -0.381 e. The number of rotatable bonds is 19. The Labute approximate surface area is 264 Å². The van der Waals surface area contributed by atoms with Crippen molar-refractivity contribution in [1.82, 2.24) is 0 Å². The lowest BCUT2D eigenvalue weighted by Crippen LogP contribution is -2.63. The summed E-state index contributed by atoms with van der Waals surface area (Å²) in [6.45, 7) is 16.2. The Balaban J connectivity index is 1.59. The summed E-state index contributed by atoms with van der Waals surface area (Å²) < 4.78 is 26.1. The molecule has 4 saturated carbocycles.